The highest BCUT2D eigenvalue weighted by Crippen LogP contribution is 2.53. The van der Waals surface area contributed by atoms with Crippen LogP contribution >= 0.6 is 0 Å². The fourth-order valence-corrected chi connectivity index (χ4v) is 15.8. The summed E-state index contributed by atoms with van der Waals surface area (Å²) in [6.07, 6.45) is 0. The number of benzene rings is 8. The zero-order chi connectivity index (χ0) is 39.3. The van der Waals surface area contributed by atoms with E-state index in [0.29, 0.717) is 0 Å². The van der Waals surface area contributed by atoms with Crippen LogP contribution in [-0.2, 0) is 5.41 Å². The lowest BCUT2D eigenvalue weighted by Gasteiger charge is -2.32. The summed E-state index contributed by atoms with van der Waals surface area (Å²) in [6.45, 7) is 4.72. The third kappa shape index (κ3) is 4.69. The maximum Gasteiger partial charge on any atom is 0.185 e. The molecule has 0 saturated carbocycles. The third-order valence-corrected chi connectivity index (χ3v) is 17.9. The predicted octanol–water partition coefficient (Wildman–Crippen LogP) is 10.6. The van der Waals surface area contributed by atoms with E-state index in [2.05, 4.69) is 219 Å². The van der Waals surface area contributed by atoms with Crippen LogP contribution in [0, 0.1) is 0 Å². The topological polar surface area (TPSA) is 30.7 Å². The highest BCUT2D eigenvalue weighted by atomic mass is 28.3. The van der Waals surface area contributed by atoms with E-state index in [4.69, 9.17) is 9.97 Å². The second kappa shape index (κ2) is 12.7. The van der Waals surface area contributed by atoms with E-state index < -0.39 is 8.07 Å². The number of hydrogen-bond acceptors (Lipinski definition) is 2. The number of para-hydroxylation sites is 1. The van der Waals surface area contributed by atoms with Crippen LogP contribution < -0.4 is 20.7 Å². The van der Waals surface area contributed by atoms with E-state index in [0.717, 1.165) is 34.0 Å². The van der Waals surface area contributed by atoms with Gasteiger partial charge in [-0.1, -0.05) is 196 Å². The predicted molar refractivity (Wildman–Crippen MR) is 247 cm³/mol. The van der Waals surface area contributed by atoms with E-state index >= 15 is 0 Å². The first kappa shape index (κ1) is 33.9. The van der Waals surface area contributed by atoms with Gasteiger partial charge in [0.15, 0.2) is 13.9 Å². The second-order valence-corrected chi connectivity index (χ2v) is 20.2. The Morgan fingerprint density at radius 2 is 1.08 bits per heavy atom. The van der Waals surface area contributed by atoms with Crippen LogP contribution in [0.2, 0.25) is 0 Å². The Hall–Kier alpha value is -7.14. The molecule has 0 atom stereocenters. The molecule has 0 radical (unpaired) electrons. The second-order valence-electron chi connectivity index (χ2n) is 16.5. The van der Waals surface area contributed by atoms with Crippen molar-refractivity contribution >= 4 is 50.6 Å². The van der Waals surface area contributed by atoms with Gasteiger partial charge in [-0.3, -0.25) is 0 Å². The van der Waals surface area contributed by atoms with Crippen molar-refractivity contribution in [3.8, 4) is 50.7 Å². The fourth-order valence-electron chi connectivity index (χ4n) is 10.5. The van der Waals surface area contributed by atoms with Crippen molar-refractivity contribution < 1.29 is 0 Å². The van der Waals surface area contributed by atoms with Crippen molar-refractivity contribution in [1.82, 2.24) is 14.5 Å². The third-order valence-electron chi connectivity index (χ3n) is 13.1. The summed E-state index contributed by atoms with van der Waals surface area (Å²) in [6, 6.07) is 73.3. The van der Waals surface area contributed by atoms with E-state index in [9.17, 15) is 0 Å². The molecule has 3 heterocycles. The summed E-state index contributed by atoms with van der Waals surface area (Å²) in [4.78, 5) is 11.3. The molecule has 0 unspecified atom stereocenters. The van der Waals surface area contributed by atoms with Crippen LogP contribution in [0.3, 0.4) is 0 Å². The van der Waals surface area contributed by atoms with Crippen molar-refractivity contribution in [3.63, 3.8) is 0 Å². The van der Waals surface area contributed by atoms with Gasteiger partial charge in [-0.2, -0.15) is 0 Å². The molecule has 2 aromatic heterocycles. The summed E-state index contributed by atoms with van der Waals surface area (Å²) in [5, 5.41) is 7.77. The Morgan fingerprint density at radius 1 is 0.475 bits per heavy atom. The van der Waals surface area contributed by atoms with Crippen molar-refractivity contribution in [3.05, 3.63) is 211 Å². The minimum atomic E-state index is -2.87. The quantitative estimate of drug-likeness (QED) is 0.163. The smallest absolute Gasteiger partial charge is 0.185 e. The lowest BCUT2D eigenvalue weighted by Crippen LogP contribution is -2.73. The molecule has 0 bridgehead atoms. The van der Waals surface area contributed by atoms with Crippen LogP contribution in [0.4, 0.5) is 0 Å². The van der Waals surface area contributed by atoms with Crippen LogP contribution in [0.5, 0.6) is 0 Å². The first-order valence-corrected chi connectivity index (χ1v) is 22.5. The van der Waals surface area contributed by atoms with Crippen LogP contribution in [0.25, 0.3) is 72.5 Å². The number of aromatic nitrogens is 3. The SMILES string of the molecule is CC1(C)c2ccccc2-c2c1ccc1c3ccccc3n(-c3cccc(-c4nc(-c5ccccc5)c5c(n4)-c4ccccc4[Si]5(c4ccccc4)c4ccccc4)c3)c21. The molecule has 0 N–H and O–H groups in total. The molecule has 3 nitrogen and oxygen atoms in total. The van der Waals surface area contributed by atoms with Gasteiger partial charge in [0.1, 0.15) is 0 Å². The summed E-state index contributed by atoms with van der Waals surface area (Å²) in [5.74, 6) is 0.725. The average Bonchev–Trinajstić information content (AvgIpc) is 3.89. The average molecular weight is 770 g/mol. The first-order valence-electron chi connectivity index (χ1n) is 20.5. The highest BCUT2D eigenvalue weighted by Gasteiger charge is 2.51. The van der Waals surface area contributed by atoms with Crippen molar-refractivity contribution in [2.75, 3.05) is 0 Å². The van der Waals surface area contributed by atoms with E-state index in [1.54, 1.807) is 0 Å². The van der Waals surface area contributed by atoms with E-state index in [1.807, 2.05) is 0 Å². The summed E-state index contributed by atoms with van der Waals surface area (Å²) in [7, 11) is -2.87. The Labute approximate surface area is 345 Å². The molecule has 278 valence electrons. The first-order chi connectivity index (χ1) is 29.0. The zero-order valence-corrected chi connectivity index (χ0v) is 33.9. The highest BCUT2D eigenvalue weighted by molar-refractivity contribution is 7.22. The van der Waals surface area contributed by atoms with Crippen molar-refractivity contribution in [2.24, 2.45) is 0 Å². The molecular formula is C55H39N3Si. The number of hydrogen-bond donors (Lipinski definition) is 0. The van der Waals surface area contributed by atoms with Crippen molar-refractivity contribution in [2.45, 2.75) is 19.3 Å². The van der Waals surface area contributed by atoms with Gasteiger partial charge < -0.3 is 4.57 Å². The Bertz CT molecular complexity index is 3250. The van der Waals surface area contributed by atoms with Gasteiger partial charge in [0, 0.05) is 49.3 Å². The molecule has 10 aromatic rings. The van der Waals surface area contributed by atoms with Crippen molar-refractivity contribution in [1.29, 1.82) is 0 Å². The van der Waals surface area contributed by atoms with Gasteiger partial charge in [0.25, 0.3) is 0 Å². The Kier molecular flexibility index (Phi) is 7.29. The Balaban J connectivity index is 1.15. The fraction of sp³-hybridized carbons (Fsp3) is 0.0545. The largest absolute Gasteiger partial charge is 0.309 e. The number of nitrogens with zero attached hydrogens (tertiary/aromatic N) is 3. The molecule has 0 saturated heterocycles. The van der Waals surface area contributed by atoms with Crippen LogP contribution in [0.1, 0.15) is 25.0 Å². The van der Waals surface area contributed by atoms with E-state index in [1.165, 1.54) is 70.4 Å². The molecule has 1 aliphatic carbocycles. The molecule has 59 heavy (non-hydrogen) atoms. The number of fused-ring (bicyclic) bond motifs is 10. The van der Waals surface area contributed by atoms with E-state index in [-0.39, 0.29) is 5.41 Å². The Morgan fingerprint density at radius 3 is 1.85 bits per heavy atom. The molecule has 2 aliphatic rings. The minimum absolute atomic E-state index is 0.107. The summed E-state index contributed by atoms with van der Waals surface area (Å²) >= 11 is 0. The van der Waals surface area contributed by atoms with Gasteiger partial charge in [-0.05, 0) is 50.4 Å². The minimum Gasteiger partial charge on any atom is -0.309 e. The molecule has 0 spiro atoms. The molecule has 4 heteroatoms. The maximum atomic E-state index is 5.68. The van der Waals surface area contributed by atoms with Gasteiger partial charge >= 0.3 is 0 Å². The molecule has 0 amide bonds. The molecule has 8 aromatic carbocycles. The maximum absolute atomic E-state index is 5.68. The zero-order valence-electron chi connectivity index (χ0n) is 32.9. The lowest BCUT2D eigenvalue weighted by molar-refractivity contribution is 0.661. The normalized spacial score (nSPS) is 14.2. The molecular weight excluding hydrogens is 731 g/mol. The van der Waals surface area contributed by atoms with Gasteiger partial charge in [0.2, 0.25) is 0 Å². The summed E-state index contributed by atoms with van der Waals surface area (Å²) < 4.78 is 2.48. The molecule has 1 aliphatic heterocycles. The van der Waals surface area contributed by atoms with Crippen LogP contribution in [0.15, 0.2) is 200 Å². The van der Waals surface area contributed by atoms with Gasteiger partial charge in [-0.15, -0.1) is 0 Å². The van der Waals surface area contributed by atoms with Gasteiger partial charge in [0.05, 0.1) is 22.4 Å². The monoisotopic (exact) mass is 769 g/mol. The standard InChI is InChI=1S/C55H39N3Si/c1-55(2)45-30-15-12-28-43(45)49-46(55)34-33-42-41-27-13-16-31-47(41)58(52(42)49)38-22-18-21-37(35-38)54-56-50(36-19-6-3-7-20-36)53-51(57-54)44-29-14-17-32-48(44)59(53,39-23-8-4-9-24-39)40-25-10-5-11-26-40/h3-35H,1-2H3. The summed E-state index contributed by atoms with van der Waals surface area (Å²) in [5.41, 5.74) is 14.1. The molecule has 12 rings (SSSR count). The van der Waals surface area contributed by atoms with Crippen LogP contribution in [-0.4, -0.2) is 22.6 Å². The molecule has 0 fully saturated rings. The number of rotatable bonds is 5. The lowest BCUT2D eigenvalue weighted by atomic mass is 9.82. The van der Waals surface area contributed by atoms with Gasteiger partial charge in [-0.25, -0.2) is 9.97 Å².